The van der Waals surface area contributed by atoms with Crippen LogP contribution in [0.15, 0.2) is 43.0 Å². The monoisotopic (exact) mass is 298 g/mol. The Morgan fingerprint density at radius 3 is 2.72 bits per heavy atom. The maximum atomic E-state index is 8.75. The largest absolute Gasteiger partial charge is 0.409 e. The molecule has 18 heavy (non-hydrogen) atoms. The summed E-state index contributed by atoms with van der Waals surface area (Å²) in [5, 5.41) is 19.9. The fraction of sp³-hybridized carbons (Fsp3) is 0.100. The molecule has 0 bridgehead atoms. The summed E-state index contributed by atoms with van der Waals surface area (Å²) in [5.41, 5.74) is 6.32. The predicted octanol–water partition coefficient (Wildman–Crippen LogP) is 2.51. The van der Waals surface area contributed by atoms with E-state index in [4.69, 9.17) is 10.9 Å². The Kier molecular flexibility index (Phi) is 4.45. The quantitative estimate of drug-likeness (QED) is 0.297. The van der Waals surface area contributed by atoms with E-state index in [2.05, 4.69) is 15.4 Å². The minimum absolute atomic E-state index is 0.0905. The number of hydrogen-bond donors (Lipinski definition) is 2. The summed E-state index contributed by atoms with van der Waals surface area (Å²) >= 11 is 4.53. The van der Waals surface area contributed by atoms with Crippen LogP contribution in [0, 0.1) is 0 Å². The number of nitrogens with zero attached hydrogens (tertiary/aromatic N) is 3. The molecule has 0 saturated carbocycles. The van der Waals surface area contributed by atoms with Crippen LogP contribution in [0.1, 0.15) is 5.56 Å². The van der Waals surface area contributed by atoms with E-state index < -0.39 is 0 Å². The van der Waals surface area contributed by atoms with E-state index in [0.717, 1.165) is 13.6 Å². The number of amidine groups is 1. The highest BCUT2D eigenvalue weighted by Crippen LogP contribution is 2.34. The second-order valence-electron chi connectivity index (χ2n) is 3.12. The van der Waals surface area contributed by atoms with Crippen molar-refractivity contribution in [2.75, 3.05) is 6.26 Å². The maximum Gasteiger partial charge on any atom is 0.179 e. The first-order valence-corrected chi connectivity index (χ1v) is 7.72. The third-order valence-corrected chi connectivity index (χ3v) is 5.06. The van der Waals surface area contributed by atoms with Crippen molar-refractivity contribution in [3.63, 3.8) is 0 Å². The molecule has 0 aliphatic rings. The highest BCUT2D eigenvalue weighted by Gasteiger charge is 2.11. The molecule has 0 aliphatic heterocycles. The average molecular weight is 298 g/mol. The van der Waals surface area contributed by atoms with E-state index in [9.17, 15) is 0 Å². The van der Waals surface area contributed by atoms with Crippen molar-refractivity contribution in [2.45, 2.75) is 13.6 Å². The third kappa shape index (κ3) is 2.95. The molecular weight excluding hydrogens is 288 g/mol. The molecule has 94 valence electrons. The molecule has 0 saturated heterocycles. The minimum Gasteiger partial charge on any atom is -0.409 e. The lowest BCUT2D eigenvalue weighted by atomic mass is 10.2. The minimum atomic E-state index is 0.0905. The van der Waals surface area contributed by atoms with Crippen molar-refractivity contribution in [1.29, 1.82) is 0 Å². The van der Waals surface area contributed by atoms with Crippen LogP contribution in [-0.4, -0.2) is 27.5 Å². The fourth-order valence-corrected chi connectivity index (χ4v) is 3.77. The van der Waals surface area contributed by atoms with E-state index >= 15 is 0 Å². The molecule has 5 nitrogen and oxygen atoms in total. The molecule has 0 aliphatic carbocycles. The summed E-state index contributed by atoms with van der Waals surface area (Å²) in [4.78, 5) is 0.886. The molecule has 3 N–H and O–H groups in total. The SMILES string of the molecule is CSc1nnc(Sc2ccccc2/C(N)=N/O)s1. The van der Waals surface area contributed by atoms with E-state index in [1.54, 1.807) is 17.8 Å². The molecule has 1 heterocycles. The first kappa shape index (κ1) is 13.2. The van der Waals surface area contributed by atoms with Gasteiger partial charge in [-0.15, -0.1) is 10.2 Å². The van der Waals surface area contributed by atoms with Gasteiger partial charge in [0.15, 0.2) is 14.5 Å². The molecule has 0 atom stereocenters. The van der Waals surface area contributed by atoms with Gasteiger partial charge in [-0.25, -0.2) is 0 Å². The van der Waals surface area contributed by atoms with Crippen molar-refractivity contribution in [3.8, 4) is 0 Å². The summed E-state index contributed by atoms with van der Waals surface area (Å²) in [7, 11) is 0. The Morgan fingerprint density at radius 1 is 1.33 bits per heavy atom. The molecule has 0 spiro atoms. The van der Waals surface area contributed by atoms with Crippen LogP contribution in [0.25, 0.3) is 0 Å². The smallest absolute Gasteiger partial charge is 0.179 e. The van der Waals surface area contributed by atoms with Crippen LogP contribution in [0.5, 0.6) is 0 Å². The van der Waals surface area contributed by atoms with Crippen LogP contribution >= 0.6 is 34.9 Å². The standard InChI is InChI=1S/C10H10N4OS3/c1-16-9-12-13-10(18-9)17-7-5-3-2-4-6(7)8(11)14-15/h2-5,15H,1H3,(H2,11,14). The van der Waals surface area contributed by atoms with Crippen LogP contribution in [-0.2, 0) is 0 Å². The molecular formula is C10H10N4OS3. The van der Waals surface area contributed by atoms with Gasteiger partial charge < -0.3 is 10.9 Å². The first-order chi connectivity index (χ1) is 8.74. The number of benzene rings is 1. The van der Waals surface area contributed by atoms with E-state index in [-0.39, 0.29) is 5.84 Å². The van der Waals surface area contributed by atoms with E-state index in [1.807, 2.05) is 24.5 Å². The number of nitrogens with two attached hydrogens (primary N) is 1. The van der Waals surface area contributed by atoms with Gasteiger partial charge in [-0.2, -0.15) is 0 Å². The van der Waals surface area contributed by atoms with Gasteiger partial charge in [0.1, 0.15) is 0 Å². The van der Waals surface area contributed by atoms with Crippen LogP contribution < -0.4 is 5.73 Å². The molecule has 1 aromatic carbocycles. The topological polar surface area (TPSA) is 84.4 Å². The molecule has 1 aromatic heterocycles. The van der Waals surface area contributed by atoms with Crippen molar-refractivity contribution in [3.05, 3.63) is 29.8 Å². The zero-order valence-corrected chi connectivity index (χ0v) is 11.8. The van der Waals surface area contributed by atoms with Crippen molar-refractivity contribution >= 4 is 40.7 Å². The van der Waals surface area contributed by atoms with Gasteiger partial charge in [-0.05, 0) is 12.3 Å². The second-order valence-corrected chi connectivity index (χ2v) is 6.44. The number of oxime groups is 1. The summed E-state index contributed by atoms with van der Waals surface area (Å²) in [6, 6.07) is 7.43. The van der Waals surface area contributed by atoms with Crippen molar-refractivity contribution in [2.24, 2.45) is 10.9 Å². The zero-order chi connectivity index (χ0) is 13.0. The van der Waals surface area contributed by atoms with Crippen LogP contribution in [0.2, 0.25) is 0 Å². The van der Waals surface area contributed by atoms with Gasteiger partial charge >= 0.3 is 0 Å². The number of hydrogen-bond acceptors (Lipinski definition) is 7. The molecule has 2 rings (SSSR count). The second kappa shape index (κ2) is 6.07. The Balaban J connectivity index is 2.28. The summed E-state index contributed by atoms with van der Waals surface area (Å²) in [6.45, 7) is 0. The Hall–Kier alpha value is -1.25. The molecule has 2 aromatic rings. The van der Waals surface area contributed by atoms with Gasteiger partial charge in [-0.1, -0.05) is 58.2 Å². The normalized spacial score (nSPS) is 11.7. The van der Waals surface area contributed by atoms with Crippen LogP contribution in [0.4, 0.5) is 0 Å². The lowest BCUT2D eigenvalue weighted by Gasteiger charge is -2.04. The number of aromatic nitrogens is 2. The van der Waals surface area contributed by atoms with Gasteiger partial charge in [0, 0.05) is 10.5 Å². The fourth-order valence-electron chi connectivity index (χ4n) is 1.24. The Bertz CT molecular complexity index is 570. The third-order valence-electron chi connectivity index (χ3n) is 2.03. The number of thioether (sulfide) groups is 1. The first-order valence-electron chi connectivity index (χ1n) is 4.87. The lowest BCUT2D eigenvalue weighted by molar-refractivity contribution is 0.318. The van der Waals surface area contributed by atoms with Gasteiger partial charge in [0.05, 0.1) is 0 Å². The highest BCUT2D eigenvalue weighted by molar-refractivity contribution is 8.03. The predicted molar refractivity (Wildman–Crippen MR) is 74.8 cm³/mol. The lowest BCUT2D eigenvalue weighted by Crippen LogP contribution is -2.13. The summed E-state index contributed by atoms with van der Waals surface area (Å²) in [5.74, 6) is 0.0905. The zero-order valence-electron chi connectivity index (χ0n) is 9.40. The number of rotatable bonds is 4. The van der Waals surface area contributed by atoms with E-state index in [0.29, 0.717) is 5.56 Å². The van der Waals surface area contributed by atoms with Gasteiger partial charge in [0.2, 0.25) is 0 Å². The van der Waals surface area contributed by atoms with Crippen molar-refractivity contribution < 1.29 is 5.21 Å². The molecule has 0 radical (unpaired) electrons. The average Bonchev–Trinajstić information content (AvgIpc) is 2.86. The van der Waals surface area contributed by atoms with E-state index in [1.165, 1.54) is 23.1 Å². The van der Waals surface area contributed by atoms with Gasteiger partial charge in [0.25, 0.3) is 0 Å². The Morgan fingerprint density at radius 2 is 2.06 bits per heavy atom. The maximum absolute atomic E-state index is 8.75. The summed E-state index contributed by atoms with van der Waals surface area (Å²) in [6.07, 6.45) is 1.96. The van der Waals surface area contributed by atoms with Crippen LogP contribution in [0.3, 0.4) is 0 Å². The Labute approximate surface area is 116 Å². The van der Waals surface area contributed by atoms with Gasteiger partial charge in [-0.3, -0.25) is 0 Å². The highest BCUT2D eigenvalue weighted by atomic mass is 32.2. The molecule has 0 fully saturated rings. The molecule has 0 amide bonds. The van der Waals surface area contributed by atoms with Crippen molar-refractivity contribution in [1.82, 2.24) is 10.2 Å². The molecule has 8 heteroatoms. The molecule has 0 unspecified atom stereocenters. The summed E-state index contributed by atoms with van der Waals surface area (Å²) < 4.78 is 1.75.